The van der Waals surface area contributed by atoms with Crippen molar-refractivity contribution in [3.63, 3.8) is 0 Å². The molecule has 2 aliphatic rings. The molecule has 11 heavy (non-hydrogen) atoms. The molecule has 1 amide bonds. The van der Waals surface area contributed by atoms with Crippen molar-refractivity contribution < 1.29 is 14.6 Å². The molecule has 4 heteroatoms. The van der Waals surface area contributed by atoms with Crippen LogP contribution in [0.2, 0.25) is 0 Å². The Balaban J connectivity index is 2.19. The van der Waals surface area contributed by atoms with E-state index < -0.39 is 0 Å². The molecule has 0 saturated carbocycles. The van der Waals surface area contributed by atoms with Crippen LogP contribution in [0, 0.1) is 0 Å². The maximum atomic E-state index is 11.0. The number of rotatable bonds is 1. The first-order chi connectivity index (χ1) is 5.33. The third kappa shape index (κ3) is 0.826. The summed E-state index contributed by atoms with van der Waals surface area (Å²) >= 11 is 0. The lowest BCUT2D eigenvalue weighted by atomic mass is 10.3. The Hall–Kier alpha value is -1.03. The second-order valence-corrected chi connectivity index (χ2v) is 2.69. The van der Waals surface area contributed by atoms with Crippen molar-refractivity contribution in [1.82, 2.24) is 4.90 Å². The highest BCUT2D eigenvalue weighted by molar-refractivity contribution is 5.72. The standard InChI is InChI=1S/C7H9NO3/c9-3-5-1-2-6-4-11-7(10)8(5)6/h1-2,5-6,9H,3-4H2/t5-,6-/m0/s1. The SMILES string of the molecule is O=C1OC[C@@H]2C=C[C@@H](CO)N12. The van der Waals surface area contributed by atoms with Gasteiger partial charge in [0, 0.05) is 0 Å². The Morgan fingerprint density at radius 2 is 2.55 bits per heavy atom. The summed E-state index contributed by atoms with van der Waals surface area (Å²) in [5.41, 5.74) is 0. The van der Waals surface area contributed by atoms with Crippen LogP contribution in [0.25, 0.3) is 0 Å². The lowest BCUT2D eigenvalue weighted by Gasteiger charge is -2.18. The molecular formula is C7H9NO3. The maximum absolute atomic E-state index is 11.0. The Morgan fingerprint density at radius 3 is 3.27 bits per heavy atom. The lowest BCUT2D eigenvalue weighted by Crippen LogP contribution is -2.37. The van der Waals surface area contributed by atoms with Crippen molar-refractivity contribution in [2.24, 2.45) is 0 Å². The smallest absolute Gasteiger partial charge is 0.411 e. The van der Waals surface area contributed by atoms with Crippen molar-refractivity contribution in [2.45, 2.75) is 12.1 Å². The van der Waals surface area contributed by atoms with E-state index in [1.54, 1.807) is 4.90 Å². The van der Waals surface area contributed by atoms with E-state index in [-0.39, 0.29) is 24.8 Å². The van der Waals surface area contributed by atoms with Gasteiger partial charge >= 0.3 is 6.09 Å². The first-order valence-electron chi connectivity index (χ1n) is 3.57. The maximum Gasteiger partial charge on any atom is 0.411 e. The van der Waals surface area contributed by atoms with E-state index in [2.05, 4.69) is 0 Å². The lowest BCUT2D eigenvalue weighted by molar-refractivity contribution is 0.138. The van der Waals surface area contributed by atoms with Gasteiger partial charge in [0.2, 0.25) is 0 Å². The minimum Gasteiger partial charge on any atom is -0.447 e. The second-order valence-electron chi connectivity index (χ2n) is 2.69. The summed E-state index contributed by atoms with van der Waals surface area (Å²) in [5, 5.41) is 8.83. The Kier molecular flexibility index (Phi) is 1.35. The van der Waals surface area contributed by atoms with Crippen LogP contribution < -0.4 is 0 Å². The second kappa shape index (κ2) is 2.23. The normalized spacial score (nSPS) is 34.3. The highest BCUT2D eigenvalue weighted by Gasteiger charge is 2.39. The number of carbonyl (C=O) groups excluding carboxylic acids is 1. The highest BCUT2D eigenvalue weighted by Crippen LogP contribution is 2.23. The number of fused-ring (bicyclic) bond motifs is 1. The third-order valence-electron chi connectivity index (χ3n) is 2.05. The van der Waals surface area contributed by atoms with Crippen LogP contribution >= 0.6 is 0 Å². The first kappa shape index (κ1) is 6.67. The summed E-state index contributed by atoms with van der Waals surface area (Å²) in [4.78, 5) is 12.5. The van der Waals surface area contributed by atoms with E-state index in [0.717, 1.165) is 0 Å². The molecule has 4 nitrogen and oxygen atoms in total. The summed E-state index contributed by atoms with van der Waals surface area (Å²) in [7, 11) is 0. The largest absolute Gasteiger partial charge is 0.447 e. The molecule has 2 heterocycles. The van der Waals surface area contributed by atoms with Crippen molar-refractivity contribution in [3.8, 4) is 0 Å². The van der Waals surface area contributed by atoms with Crippen LogP contribution in [0.5, 0.6) is 0 Å². The van der Waals surface area contributed by atoms with Gasteiger partial charge in [0.1, 0.15) is 6.61 Å². The minimum atomic E-state index is -0.320. The van der Waals surface area contributed by atoms with Gasteiger partial charge in [0.05, 0.1) is 18.7 Å². The van der Waals surface area contributed by atoms with Gasteiger partial charge in [-0.3, -0.25) is 4.90 Å². The number of nitrogens with zero attached hydrogens (tertiary/aromatic N) is 1. The van der Waals surface area contributed by atoms with Crippen molar-refractivity contribution in [3.05, 3.63) is 12.2 Å². The molecule has 2 aliphatic heterocycles. The fraction of sp³-hybridized carbons (Fsp3) is 0.571. The number of hydrogen-bond acceptors (Lipinski definition) is 3. The van der Waals surface area contributed by atoms with Gasteiger partial charge in [0.25, 0.3) is 0 Å². The third-order valence-corrected chi connectivity index (χ3v) is 2.05. The number of carbonyl (C=O) groups is 1. The molecule has 2 atom stereocenters. The first-order valence-corrected chi connectivity index (χ1v) is 3.57. The predicted octanol–water partition coefficient (Wildman–Crippen LogP) is -0.262. The van der Waals surface area contributed by atoms with Crippen molar-refractivity contribution in [1.29, 1.82) is 0 Å². The van der Waals surface area contributed by atoms with Gasteiger partial charge < -0.3 is 9.84 Å². The van der Waals surface area contributed by atoms with Gasteiger partial charge in [-0.1, -0.05) is 12.2 Å². The Morgan fingerprint density at radius 1 is 1.73 bits per heavy atom. The van der Waals surface area contributed by atoms with E-state index >= 15 is 0 Å². The fourth-order valence-corrected chi connectivity index (χ4v) is 1.47. The number of cyclic esters (lactones) is 1. The molecule has 2 rings (SSSR count). The Bertz CT molecular complexity index is 214. The van der Waals surface area contributed by atoms with Crippen LogP contribution in [-0.2, 0) is 4.74 Å². The Labute approximate surface area is 64.1 Å². The molecule has 0 radical (unpaired) electrons. The molecule has 1 fully saturated rings. The summed E-state index contributed by atoms with van der Waals surface area (Å²) in [6.45, 7) is 0.397. The van der Waals surface area contributed by atoms with E-state index in [1.807, 2.05) is 12.2 Å². The van der Waals surface area contributed by atoms with E-state index in [9.17, 15) is 4.79 Å². The number of amides is 1. The van der Waals surface area contributed by atoms with Gasteiger partial charge in [-0.05, 0) is 0 Å². The molecular weight excluding hydrogens is 146 g/mol. The number of aliphatic hydroxyl groups excluding tert-OH is 1. The summed E-state index contributed by atoms with van der Waals surface area (Å²) in [5.74, 6) is 0. The number of aliphatic hydroxyl groups is 1. The molecule has 60 valence electrons. The molecule has 0 aromatic heterocycles. The molecule has 0 bridgehead atoms. The van der Waals surface area contributed by atoms with E-state index in [4.69, 9.17) is 9.84 Å². The van der Waals surface area contributed by atoms with Gasteiger partial charge in [-0.15, -0.1) is 0 Å². The van der Waals surface area contributed by atoms with Crippen LogP contribution in [0.1, 0.15) is 0 Å². The zero-order valence-electron chi connectivity index (χ0n) is 5.93. The van der Waals surface area contributed by atoms with E-state index in [1.165, 1.54) is 0 Å². The topological polar surface area (TPSA) is 49.8 Å². The summed E-state index contributed by atoms with van der Waals surface area (Å²) in [6, 6.07) is -0.116. The van der Waals surface area contributed by atoms with Crippen LogP contribution in [-0.4, -0.2) is 41.4 Å². The zero-order chi connectivity index (χ0) is 7.84. The van der Waals surface area contributed by atoms with Crippen LogP contribution in [0.3, 0.4) is 0 Å². The van der Waals surface area contributed by atoms with Gasteiger partial charge in [-0.2, -0.15) is 0 Å². The van der Waals surface area contributed by atoms with Crippen molar-refractivity contribution >= 4 is 6.09 Å². The monoisotopic (exact) mass is 155 g/mol. The van der Waals surface area contributed by atoms with Gasteiger partial charge in [-0.25, -0.2) is 4.79 Å². The van der Waals surface area contributed by atoms with Crippen molar-refractivity contribution in [2.75, 3.05) is 13.2 Å². The fourth-order valence-electron chi connectivity index (χ4n) is 1.47. The average molecular weight is 155 g/mol. The molecule has 0 unspecified atom stereocenters. The minimum absolute atomic E-state index is 0.0257. The molecule has 1 saturated heterocycles. The average Bonchev–Trinajstić information content (AvgIpc) is 2.54. The quantitative estimate of drug-likeness (QED) is 0.531. The van der Waals surface area contributed by atoms with Crippen LogP contribution in [0.4, 0.5) is 4.79 Å². The summed E-state index contributed by atoms with van der Waals surface area (Å²) < 4.78 is 4.78. The number of ether oxygens (including phenoxy) is 1. The predicted molar refractivity (Wildman–Crippen MR) is 37.0 cm³/mol. The highest BCUT2D eigenvalue weighted by atomic mass is 16.6. The zero-order valence-corrected chi connectivity index (χ0v) is 5.93. The molecule has 0 aromatic rings. The molecule has 0 spiro atoms. The molecule has 0 aliphatic carbocycles. The molecule has 1 N–H and O–H groups in total. The summed E-state index contributed by atoms with van der Waals surface area (Å²) in [6.07, 6.45) is 3.41. The molecule has 0 aromatic carbocycles. The van der Waals surface area contributed by atoms with E-state index in [0.29, 0.717) is 6.61 Å². The number of hydrogen-bond donors (Lipinski definition) is 1. The van der Waals surface area contributed by atoms with Crippen LogP contribution in [0.15, 0.2) is 12.2 Å². The van der Waals surface area contributed by atoms with Gasteiger partial charge in [0.15, 0.2) is 0 Å².